The van der Waals surface area contributed by atoms with E-state index in [0.29, 0.717) is 18.5 Å². The number of amides is 1. The van der Waals surface area contributed by atoms with Crippen LogP contribution < -0.4 is 16.8 Å². The fourth-order valence-corrected chi connectivity index (χ4v) is 1.89. The van der Waals surface area contributed by atoms with Crippen molar-refractivity contribution in [1.82, 2.24) is 5.32 Å². The molecule has 0 unspecified atom stereocenters. The molecule has 1 aromatic carbocycles. The van der Waals surface area contributed by atoms with Gasteiger partial charge in [0, 0.05) is 18.2 Å². The number of rotatable bonds is 6. The Morgan fingerprint density at radius 3 is 2.57 bits per heavy atom. The normalized spacial score (nSPS) is 13.0. The van der Waals surface area contributed by atoms with Gasteiger partial charge in [0.15, 0.2) is 0 Å². The summed E-state index contributed by atoms with van der Waals surface area (Å²) >= 11 is 0. The van der Waals surface area contributed by atoms with Crippen LogP contribution in [0.2, 0.25) is 0 Å². The molecule has 0 spiro atoms. The summed E-state index contributed by atoms with van der Waals surface area (Å²) in [5.41, 5.74) is 10.6. The average molecular weight is 303 g/mol. The Kier molecular flexibility index (Phi) is 6.17. The molecular weight excluding hydrogens is 283 g/mol. The van der Waals surface area contributed by atoms with E-state index >= 15 is 0 Å². The van der Waals surface area contributed by atoms with Gasteiger partial charge in [0.25, 0.3) is 5.91 Å². The number of hydrogen-bond donors (Lipinski definition) is 3. The molecule has 0 aromatic heterocycles. The van der Waals surface area contributed by atoms with Crippen molar-refractivity contribution < 1.29 is 18.0 Å². The van der Waals surface area contributed by atoms with Crippen LogP contribution in [0.5, 0.6) is 0 Å². The maximum absolute atomic E-state index is 12.7. The van der Waals surface area contributed by atoms with Gasteiger partial charge in [-0.25, -0.2) is 0 Å². The van der Waals surface area contributed by atoms with Crippen molar-refractivity contribution in [2.24, 2.45) is 11.5 Å². The van der Waals surface area contributed by atoms with E-state index < -0.39 is 17.6 Å². The SMILES string of the molecule is Cc1cc(C(=O)NC[C@H](N)CCCN)cc(C(F)(F)F)c1. The number of alkyl halides is 3. The van der Waals surface area contributed by atoms with E-state index in [2.05, 4.69) is 5.32 Å². The predicted molar refractivity (Wildman–Crippen MR) is 74.8 cm³/mol. The van der Waals surface area contributed by atoms with Crippen LogP contribution in [0.1, 0.15) is 34.3 Å². The molecule has 0 radical (unpaired) electrons. The molecule has 21 heavy (non-hydrogen) atoms. The molecule has 0 saturated carbocycles. The van der Waals surface area contributed by atoms with Crippen molar-refractivity contribution in [3.8, 4) is 0 Å². The van der Waals surface area contributed by atoms with Crippen molar-refractivity contribution in [3.63, 3.8) is 0 Å². The van der Waals surface area contributed by atoms with Crippen LogP contribution in [0.4, 0.5) is 13.2 Å². The molecule has 4 nitrogen and oxygen atoms in total. The maximum atomic E-state index is 12.7. The first-order chi connectivity index (χ1) is 9.74. The zero-order valence-electron chi connectivity index (χ0n) is 11.8. The van der Waals surface area contributed by atoms with Crippen molar-refractivity contribution in [2.45, 2.75) is 32.0 Å². The highest BCUT2D eigenvalue weighted by molar-refractivity contribution is 5.94. The Bertz CT molecular complexity index is 489. The van der Waals surface area contributed by atoms with Gasteiger partial charge in [-0.2, -0.15) is 13.2 Å². The number of carbonyl (C=O) groups excluding carboxylic acids is 1. The first-order valence-corrected chi connectivity index (χ1v) is 6.66. The van der Waals surface area contributed by atoms with E-state index in [0.717, 1.165) is 18.6 Å². The Morgan fingerprint density at radius 1 is 1.33 bits per heavy atom. The maximum Gasteiger partial charge on any atom is 0.416 e. The van der Waals surface area contributed by atoms with E-state index in [9.17, 15) is 18.0 Å². The number of halogens is 3. The van der Waals surface area contributed by atoms with Gasteiger partial charge < -0.3 is 16.8 Å². The molecule has 0 bridgehead atoms. The van der Waals surface area contributed by atoms with Crippen LogP contribution in [0.15, 0.2) is 18.2 Å². The zero-order valence-corrected chi connectivity index (χ0v) is 11.8. The fourth-order valence-electron chi connectivity index (χ4n) is 1.89. The largest absolute Gasteiger partial charge is 0.416 e. The van der Waals surface area contributed by atoms with Gasteiger partial charge in [0.2, 0.25) is 0 Å². The average Bonchev–Trinajstić information content (AvgIpc) is 2.40. The minimum atomic E-state index is -4.47. The smallest absolute Gasteiger partial charge is 0.350 e. The molecule has 0 fully saturated rings. The van der Waals surface area contributed by atoms with Crippen molar-refractivity contribution in [2.75, 3.05) is 13.1 Å². The summed E-state index contributed by atoms with van der Waals surface area (Å²) < 4.78 is 38.1. The molecule has 1 rings (SSSR count). The zero-order chi connectivity index (χ0) is 16.0. The van der Waals surface area contributed by atoms with Crippen LogP contribution in [0.3, 0.4) is 0 Å². The first kappa shape index (κ1) is 17.5. The highest BCUT2D eigenvalue weighted by Gasteiger charge is 2.31. The third kappa shape index (κ3) is 5.73. The number of benzene rings is 1. The van der Waals surface area contributed by atoms with Gasteiger partial charge in [-0.1, -0.05) is 0 Å². The van der Waals surface area contributed by atoms with Crippen molar-refractivity contribution in [1.29, 1.82) is 0 Å². The van der Waals surface area contributed by atoms with E-state index in [-0.39, 0.29) is 18.2 Å². The van der Waals surface area contributed by atoms with Crippen LogP contribution in [0, 0.1) is 6.92 Å². The Balaban J connectivity index is 2.72. The minimum Gasteiger partial charge on any atom is -0.350 e. The summed E-state index contributed by atoms with van der Waals surface area (Å²) in [5.74, 6) is -0.563. The molecule has 7 heteroatoms. The van der Waals surface area contributed by atoms with Gasteiger partial charge in [0.1, 0.15) is 0 Å². The molecule has 1 aromatic rings. The summed E-state index contributed by atoms with van der Waals surface area (Å²) in [6, 6.07) is 3.00. The lowest BCUT2D eigenvalue weighted by molar-refractivity contribution is -0.137. The second kappa shape index (κ2) is 7.42. The summed E-state index contributed by atoms with van der Waals surface area (Å²) in [6.07, 6.45) is -3.09. The summed E-state index contributed by atoms with van der Waals surface area (Å²) in [4.78, 5) is 11.9. The molecule has 1 amide bonds. The van der Waals surface area contributed by atoms with E-state index in [1.807, 2.05) is 0 Å². The Hall–Kier alpha value is -1.60. The Morgan fingerprint density at radius 2 is 2.00 bits per heavy atom. The van der Waals surface area contributed by atoms with E-state index in [1.165, 1.54) is 13.0 Å². The molecule has 0 saturated heterocycles. The van der Waals surface area contributed by atoms with Crippen molar-refractivity contribution >= 4 is 5.91 Å². The van der Waals surface area contributed by atoms with Crippen molar-refractivity contribution in [3.05, 3.63) is 34.9 Å². The van der Waals surface area contributed by atoms with Crippen LogP contribution in [0.25, 0.3) is 0 Å². The highest BCUT2D eigenvalue weighted by atomic mass is 19.4. The number of aryl methyl sites for hydroxylation is 1. The van der Waals surface area contributed by atoms with Gasteiger partial charge in [-0.15, -0.1) is 0 Å². The topological polar surface area (TPSA) is 81.1 Å². The highest BCUT2D eigenvalue weighted by Crippen LogP contribution is 2.30. The molecule has 0 aliphatic carbocycles. The lowest BCUT2D eigenvalue weighted by atomic mass is 10.1. The Labute approximate surface area is 121 Å². The van der Waals surface area contributed by atoms with E-state index in [1.54, 1.807) is 0 Å². The van der Waals surface area contributed by atoms with Gasteiger partial charge in [-0.05, 0) is 50.1 Å². The summed E-state index contributed by atoms with van der Waals surface area (Å²) in [6.45, 7) is 2.22. The van der Waals surface area contributed by atoms with Crippen LogP contribution >= 0.6 is 0 Å². The molecular formula is C14H20F3N3O. The second-order valence-corrected chi connectivity index (χ2v) is 4.99. The molecule has 0 aliphatic heterocycles. The third-order valence-corrected chi connectivity index (χ3v) is 2.97. The minimum absolute atomic E-state index is 0.0200. The number of nitrogens with one attached hydrogen (secondary N) is 1. The number of carbonyl (C=O) groups is 1. The molecule has 1 atom stereocenters. The molecule has 0 heterocycles. The van der Waals surface area contributed by atoms with Crippen LogP contribution in [-0.2, 0) is 6.18 Å². The lowest BCUT2D eigenvalue weighted by Crippen LogP contribution is -2.37. The third-order valence-electron chi connectivity index (χ3n) is 2.97. The molecule has 5 N–H and O–H groups in total. The van der Waals surface area contributed by atoms with Gasteiger partial charge >= 0.3 is 6.18 Å². The summed E-state index contributed by atoms with van der Waals surface area (Å²) in [5, 5.41) is 2.54. The van der Waals surface area contributed by atoms with Gasteiger partial charge in [0.05, 0.1) is 5.56 Å². The standard InChI is InChI=1S/C14H20F3N3O/c1-9-5-10(7-11(6-9)14(15,16)17)13(21)20-8-12(19)3-2-4-18/h5-7,12H,2-4,8,18-19H2,1H3,(H,20,21)/t12-/m1/s1. The predicted octanol–water partition coefficient (Wildman–Crippen LogP) is 1.81. The summed E-state index contributed by atoms with van der Waals surface area (Å²) in [7, 11) is 0. The second-order valence-electron chi connectivity index (χ2n) is 4.99. The first-order valence-electron chi connectivity index (χ1n) is 6.66. The monoisotopic (exact) mass is 303 g/mol. The molecule has 0 aliphatic rings. The lowest BCUT2D eigenvalue weighted by Gasteiger charge is -2.14. The molecule has 118 valence electrons. The fraction of sp³-hybridized carbons (Fsp3) is 0.500. The van der Waals surface area contributed by atoms with Gasteiger partial charge in [-0.3, -0.25) is 4.79 Å². The van der Waals surface area contributed by atoms with E-state index in [4.69, 9.17) is 11.5 Å². The number of hydrogen-bond acceptors (Lipinski definition) is 3. The number of nitrogens with two attached hydrogens (primary N) is 2. The quantitative estimate of drug-likeness (QED) is 0.749. The van der Waals surface area contributed by atoms with Crippen LogP contribution in [-0.4, -0.2) is 25.0 Å².